The van der Waals surface area contributed by atoms with E-state index in [0.29, 0.717) is 13.2 Å². The lowest BCUT2D eigenvalue weighted by Crippen LogP contribution is -2.60. The number of halogens is 1. The molecule has 1 heterocycles. The van der Waals surface area contributed by atoms with Crippen LogP contribution in [0.3, 0.4) is 0 Å². The summed E-state index contributed by atoms with van der Waals surface area (Å²) >= 11 is 3.41. The maximum Gasteiger partial charge on any atom is 0.0732 e. The lowest BCUT2D eigenvalue weighted by molar-refractivity contribution is -0.157. The molecular formula is C12H15BrO2. The van der Waals surface area contributed by atoms with E-state index in [4.69, 9.17) is 4.74 Å². The van der Waals surface area contributed by atoms with Gasteiger partial charge in [0.2, 0.25) is 0 Å². The van der Waals surface area contributed by atoms with Crippen LogP contribution in [0.15, 0.2) is 28.7 Å². The normalized spacial score (nSPS) is 19.7. The molecule has 82 valence electrons. The van der Waals surface area contributed by atoms with Crippen molar-refractivity contribution in [2.45, 2.75) is 24.9 Å². The quantitative estimate of drug-likeness (QED) is 0.895. The van der Waals surface area contributed by atoms with Crippen LogP contribution in [-0.4, -0.2) is 23.9 Å². The molecule has 0 aromatic heterocycles. The molecule has 1 N–H and O–H groups in total. The van der Waals surface area contributed by atoms with Gasteiger partial charge >= 0.3 is 0 Å². The number of ether oxygens (including phenoxy) is 1. The maximum absolute atomic E-state index is 10.2. The largest absolute Gasteiger partial charge is 0.389 e. The fourth-order valence-corrected chi connectivity index (χ4v) is 2.21. The summed E-state index contributed by atoms with van der Waals surface area (Å²) in [6.45, 7) is 4.88. The summed E-state index contributed by atoms with van der Waals surface area (Å²) in [5.74, 6) is 0. The molecule has 1 aromatic carbocycles. The van der Waals surface area contributed by atoms with Gasteiger partial charge in [-0.1, -0.05) is 28.1 Å². The Morgan fingerprint density at radius 2 is 1.80 bits per heavy atom. The molecule has 1 aromatic rings. The molecule has 0 atom stereocenters. The van der Waals surface area contributed by atoms with Crippen LogP contribution >= 0.6 is 15.9 Å². The molecule has 1 aliphatic heterocycles. The molecule has 0 unspecified atom stereocenters. The van der Waals surface area contributed by atoms with E-state index >= 15 is 0 Å². The van der Waals surface area contributed by atoms with Crippen LogP contribution in [-0.2, 0) is 10.2 Å². The summed E-state index contributed by atoms with van der Waals surface area (Å²) in [5.41, 5.74) is 0.150. The smallest absolute Gasteiger partial charge is 0.0732 e. The SMILES string of the molecule is CC(C)(O)C1(c2ccc(Br)cc2)COC1. The summed E-state index contributed by atoms with van der Waals surface area (Å²) < 4.78 is 6.33. The van der Waals surface area contributed by atoms with Crippen LogP contribution < -0.4 is 0 Å². The third-order valence-electron chi connectivity index (χ3n) is 3.26. The van der Waals surface area contributed by atoms with Crippen molar-refractivity contribution in [2.24, 2.45) is 0 Å². The van der Waals surface area contributed by atoms with Gasteiger partial charge in [0, 0.05) is 4.47 Å². The molecule has 1 saturated heterocycles. The van der Waals surface area contributed by atoms with E-state index in [1.807, 2.05) is 38.1 Å². The molecule has 2 nitrogen and oxygen atoms in total. The van der Waals surface area contributed by atoms with Gasteiger partial charge in [0.1, 0.15) is 0 Å². The predicted octanol–water partition coefficient (Wildman–Crippen LogP) is 2.49. The van der Waals surface area contributed by atoms with Crippen molar-refractivity contribution in [3.8, 4) is 0 Å². The Labute approximate surface area is 98.4 Å². The van der Waals surface area contributed by atoms with E-state index in [-0.39, 0.29) is 5.41 Å². The van der Waals surface area contributed by atoms with Crippen molar-refractivity contribution in [3.63, 3.8) is 0 Å². The summed E-state index contributed by atoms with van der Waals surface area (Å²) in [6, 6.07) is 8.09. The Kier molecular flexibility index (Phi) is 2.65. The molecule has 1 fully saturated rings. The van der Waals surface area contributed by atoms with Crippen molar-refractivity contribution in [3.05, 3.63) is 34.3 Å². The first-order valence-electron chi connectivity index (χ1n) is 5.02. The number of aliphatic hydroxyl groups is 1. The highest BCUT2D eigenvalue weighted by molar-refractivity contribution is 9.10. The standard InChI is InChI=1S/C12H15BrO2/c1-11(2,14)12(7-15-8-12)9-3-5-10(13)6-4-9/h3-6,14H,7-8H2,1-2H3. The zero-order chi connectivity index (χ0) is 11.1. The van der Waals surface area contributed by atoms with Gasteiger partial charge in [0.05, 0.1) is 24.2 Å². The summed E-state index contributed by atoms with van der Waals surface area (Å²) in [5, 5.41) is 10.2. The number of hydrogen-bond acceptors (Lipinski definition) is 2. The molecule has 0 spiro atoms. The van der Waals surface area contributed by atoms with E-state index in [2.05, 4.69) is 15.9 Å². The minimum absolute atomic E-state index is 0.242. The highest BCUT2D eigenvalue weighted by atomic mass is 79.9. The minimum atomic E-state index is -0.751. The Bertz CT molecular complexity index is 347. The van der Waals surface area contributed by atoms with Crippen molar-refractivity contribution in [1.29, 1.82) is 0 Å². The molecule has 3 heteroatoms. The van der Waals surface area contributed by atoms with Gasteiger partial charge in [0.15, 0.2) is 0 Å². The summed E-state index contributed by atoms with van der Waals surface area (Å²) in [7, 11) is 0. The second kappa shape index (κ2) is 3.58. The second-order valence-corrected chi connectivity index (χ2v) is 5.56. The van der Waals surface area contributed by atoms with Gasteiger partial charge < -0.3 is 9.84 Å². The second-order valence-electron chi connectivity index (χ2n) is 4.64. The van der Waals surface area contributed by atoms with Gasteiger partial charge in [0.25, 0.3) is 0 Å². The Morgan fingerprint density at radius 1 is 1.27 bits per heavy atom. The van der Waals surface area contributed by atoms with Crippen LogP contribution in [0.25, 0.3) is 0 Å². The Morgan fingerprint density at radius 3 is 2.13 bits per heavy atom. The van der Waals surface area contributed by atoms with E-state index < -0.39 is 5.60 Å². The average Bonchev–Trinajstić information content (AvgIpc) is 2.03. The first-order chi connectivity index (χ1) is 6.96. The zero-order valence-corrected chi connectivity index (χ0v) is 10.5. The molecule has 0 saturated carbocycles. The third kappa shape index (κ3) is 1.73. The molecule has 0 aliphatic carbocycles. The molecule has 0 bridgehead atoms. The van der Waals surface area contributed by atoms with Gasteiger partial charge in [-0.05, 0) is 31.5 Å². The number of benzene rings is 1. The van der Waals surface area contributed by atoms with Crippen LogP contribution in [0.2, 0.25) is 0 Å². The number of hydrogen-bond donors (Lipinski definition) is 1. The lowest BCUT2D eigenvalue weighted by atomic mass is 9.67. The molecule has 0 radical (unpaired) electrons. The first kappa shape index (κ1) is 11.1. The van der Waals surface area contributed by atoms with Crippen LogP contribution in [0, 0.1) is 0 Å². The van der Waals surface area contributed by atoms with Crippen molar-refractivity contribution < 1.29 is 9.84 Å². The van der Waals surface area contributed by atoms with Gasteiger partial charge in [-0.3, -0.25) is 0 Å². The highest BCUT2D eigenvalue weighted by Crippen LogP contribution is 2.42. The van der Waals surface area contributed by atoms with Crippen molar-refractivity contribution >= 4 is 15.9 Å². The van der Waals surface area contributed by atoms with Gasteiger partial charge in [-0.2, -0.15) is 0 Å². The molecule has 15 heavy (non-hydrogen) atoms. The summed E-state index contributed by atoms with van der Waals surface area (Å²) in [6.07, 6.45) is 0. The van der Waals surface area contributed by atoms with Gasteiger partial charge in [-0.15, -0.1) is 0 Å². The zero-order valence-electron chi connectivity index (χ0n) is 8.96. The van der Waals surface area contributed by atoms with E-state index in [0.717, 1.165) is 10.0 Å². The molecule has 0 amide bonds. The highest BCUT2D eigenvalue weighted by Gasteiger charge is 2.51. The molecular weight excluding hydrogens is 256 g/mol. The lowest BCUT2D eigenvalue weighted by Gasteiger charge is -2.50. The van der Waals surface area contributed by atoms with E-state index in [9.17, 15) is 5.11 Å². The number of rotatable bonds is 2. The first-order valence-corrected chi connectivity index (χ1v) is 5.81. The van der Waals surface area contributed by atoms with Crippen LogP contribution in [0.5, 0.6) is 0 Å². The van der Waals surface area contributed by atoms with E-state index in [1.165, 1.54) is 0 Å². The minimum Gasteiger partial charge on any atom is -0.389 e. The van der Waals surface area contributed by atoms with Crippen LogP contribution in [0.1, 0.15) is 19.4 Å². The average molecular weight is 271 g/mol. The molecule has 1 aliphatic rings. The predicted molar refractivity (Wildman–Crippen MR) is 62.9 cm³/mol. The fourth-order valence-electron chi connectivity index (χ4n) is 1.95. The van der Waals surface area contributed by atoms with Crippen molar-refractivity contribution in [1.82, 2.24) is 0 Å². The Balaban J connectivity index is 2.39. The van der Waals surface area contributed by atoms with Crippen LogP contribution in [0.4, 0.5) is 0 Å². The molecule has 2 rings (SSSR count). The fraction of sp³-hybridized carbons (Fsp3) is 0.500. The van der Waals surface area contributed by atoms with E-state index in [1.54, 1.807) is 0 Å². The maximum atomic E-state index is 10.2. The van der Waals surface area contributed by atoms with Crippen molar-refractivity contribution in [2.75, 3.05) is 13.2 Å². The summed E-state index contributed by atoms with van der Waals surface area (Å²) in [4.78, 5) is 0. The third-order valence-corrected chi connectivity index (χ3v) is 3.79. The van der Waals surface area contributed by atoms with Gasteiger partial charge in [-0.25, -0.2) is 0 Å². The Hall–Kier alpha value is -0.380. The monoisotopic (exact) mass is 270 g/mol. The topological polar surface area (TPSA) is 29.5 Å².